The molecule has 2 unspecified atom stereocenters. The summed E-state index contributed by atoms with van der Waals surface area (Å²) in [5, 5.41) is 0. The van der Waals surface area contributed by atoms with Crippen LogP contribution in [0.25, 0.3) is 0 Å². The van der Waals surface area contributed by atoms with E-state index in [0.717, 1.165) is 5.56 Å². The Morgan fingerprint density at radius 3 is 2.37 bits per heavy atom. The fourth-order valence-electron chi connectivity index (χ4n) is 2.36. The van der Waals surface area contributed by atoms with Gasteiger partial charge in [0.2, 0.25) is 0 Å². The SMILES string of the molecule is CC1CN(C(=O)OCc2ccccc2)CC(C)C1=O. The Balaban J connectivity index is 1.88. The number of likely N-dealkylation sites (tertiary alicyclic amines) is 1. The van der Waals surface area contributed by atoms with Gasteiger partial charge in [0.1, 0.15) is 12.4 Å². The van der Waals surface area contributed by atoms with Gasteiger partial charge in [-0.1, -0.05) is 44.2 Å². The fraction of sp³-hybridized carbons (Fsp3) is 0.467. The Kier molecular flexibility index (Phi) is 4.20. The van der Waals surface area contributed by atoms with Crippen molar-refractivity contribution in [3.05, 3.63) is 35.9 Å². The molecule has 1 saturated heterocycles. The number of benzene rings is 1. The quantitative estimate of drug-likeness (QED) is 0.821. The maximum atomic E-state index is 12.0. The summed E-state index contributed by atoms with van der Waals surface area (Å²) in [6.45, 7) is 4.89. The number of rotatable bonds is 2. The van der Waals surface area contributed by atoms with Crippen LogP contribution in [-0.2, 0) is 16.1 Å². The second kappa shape index (κ2) is 5.87. The summed E-state index contributed by atoms with van der Waals surface area (Å²) in [7, 11) is 0. The zero-order valence-corrected chi connectivity index (χ0v) is 11.3. The molecule has 1 heterocycles. The van der Waals surface area contributed by atoms with Crippen LogP contribution in [0.1, 0.15) is 19.4 Å². The van der Waals surface area contributed by atoms with Crippen molar-refractivity contribution in [2.45, 2.75) is 20.5 Å². The molecule has 102 valence electrons. The van der Waals surface area contributed by atoms with Gasteiger partial charge < -0.3 is 9.64 Å². The lowest BCUT2D eigenvalue weighted by atomic mass is 9.90. The zero-order valence-electron chi connectivity index (χ0n) is 11.3. The van der Waals surface area contributed by atoms with Crippen LogP contribution < -0.4 is 0 Å². The molecule has 19 heavy (non-hydrogen) atoms. The summed E-state index contributed by atoms with van der Waals surface area (Å²) in [6.07, 6.45) is -0.338. The Bertz CT molecular complexity index is 444. The Labute approximate surface area is 113 Å². The molecule has 1 aromatic rings. The largest absolute Gasteiger partial charge is 0.445 e. The first-order chi connectivity index (χ1) is 9.08. The maximum absolute atomic E-state index is 12.0. The highest BCUT2D eigenvalue weighted by atomic mass is 16.6. The fourth-order valence-corrected chi connectivity index (χ4v) is 2.36. The van der Waals surface area contributed by atoms with Crippen LogP contribution >= 0.6 is 0 Å². The number of nitrogens with zero attached hydrogens (tertiary/aromatic N) is 1. The van der Waals surface area contributed by atoms with Crippen LogP contribution in [-0.4, -0.2) is 29.9 Å². The van der Waals surface area contributed by atoms with Crippen LogP contribution in [0.15, 0.2) is 30.3 Å². The smallest absolute Gasteiger partial charge is 0.410 e. The number of ether oxygens (including phenoxy) is 1. The summed E-state index contributed by atoms with van der Waals surface area (Å²) in [4.78, 5) is 25.3. The van der Waals surface area contributed by atoms with E-state index in [0.29, 0.717) is 13.1 Å². The average Bonchev–Trinajstić information content (AvgIpc) is 2.42. The minimum absolute atomic E-state index is 0.104. The molecule has 0 bridgehead atoms. The van der Waals surface area contributed by atoms with E-state index >= 15 is 0 Å². The molecular weight excluding hydrogens is 242 g/mol. The number of carbonyl (C=O) groups excluding carboxylic acids is 2. The molecule has 0 N–H and O–H groups in total. The molecule has 0 aromatic heterocycles. The van der Waals surface area contributed by atoms with Gasteiger partial charge in [0.25, 0.3) is 0 Å². The summed E-state index contributed by atoms with van der Waals surface area (Å²) in [6, 6.07) is 9.57. The van der Waals surface area contributed by atoms with Crippen molar-refractivity contribution >= 4 is 11.9 Å². The van der Waals surface area contributed by atoms with Crippen LogP contribution in [0, 0.1) is 11.8 Å². The molecule has 1 fully saturated rings. The molecule has 1 aliphatic heterocycles. The third-order valence-corrected chi connectivity index (χ3v) is 3.42. The predicted octanol–water partition coefficient (Wildman–Crippen LogP) is 2.48. The molecule has 0 radical (unpaired) electrons. The van der Waals surface area contributed by atoms with Crippen molar-refractivity contribution in [3.8, 4) is 0 Å². The van der Waals surface area contributed by atoms with Gasteiger partial charge in [-0.05, 0) is 5.56 Å². The average molecular weight is 261 g/mol. The number of piperidine rings is 1. The standard InChI is InChI=1S/C15H19NO3/c1-11-8-16(9-12(2)14(11)17)15(18)19-10-13-6-4-3-5-7-13/h3-7,11-12H,8-10H2,1-2H3. The number of Topliss-reactive ketones (excluding diaryl/α,β-unsaturated/α-hetero) is 1. The summed E-state index contributed by atoms with van der Waals surface area (Å²) in [5.74, 6) is 0.0214. The van der Waals surface area contributed by atoms with Gasteiger partial charge in [-0.2, -0.15) is 0 Å². The zero-order chi connectivity index (χ0) is 13.8. The number of amides is 1. The van der Waals surface area contributed by atoms with Crippen molar-refractivity contribution in [3.63, 3.8) is 0 Å². The molecule has 0 saturated carbocycles. The molecule has 1 aliphatic rings. The molecule has 1 aromatic carbocycles. The van der Waals surface area contributed by atoms with Gasteiger partial charge in [-0.3, -0.25) is 4.79 Å². The molecule has 4 heteroatoms. The summed E-state index contributed by atoms with van der Waals surface area (Å²) >= 11 is 0. The normalized spacial score (nSPS) is 23.3. The minimum Gasteiger partial charge on any atom is -0.445 e. The first-order valence-corrected chi connectivity index (χ1v) is 6.57. The highest BCUT2D eigenvalue weighted by Crippen LogP contribution is 2.18. The van der Waals surface area contributed by atoms with Crippen molar-refractivity contribution in [1.29, 1.82) is 0 Å². The van der Waals surface area contributed by atoms with Gasteiger partial charge in [0.05, 0.1) is 0 Å². The van der Waals surface area contributed by atoms with Gasteiger partial charge in [0, 0.05) is 24.9 Å². The lowest BCUT2D eigenvalue weighted by Gasteiger charge is -2.33. The van der Waals surface area contributed by atoms with Crippen molar-refractivity contribution < 1.29 is 14.3 Å². The predicted molar refractivity (Wildman–Crippen MR) is 71.5 cm³/mol. The Morgan fingerprint density at radius 2 is 1.79 bits per heavy atom. The van der Waals surface area contributed by atoms with Crippen LogP contribution in [0.3, 0.4) is 0 Å². The topological polar surface area (TPSA) is 46.6 Å². The first kappa shape index (κ1) is 13.6. The molecular formula is C15H19NO3. The second-order valence-corrected chi connectivity index (χ2v) is 5.15. The molecule has 4 nitrogen and oxygen atoms in total. The molecule has 2 rings (SSSR count). The lowest BCUT2D eigenvalue weighted by Crippen LogP contribution is -2.47. The van der Waals surface area contributed by atoms with Crippen molar-refractivity contribution in [1.82, 2.24) is 4.90 Å². The third kappa shape index (κ3) is 3.34. The van der Waals surface area contributed by atoms with Gasteiger partial charge in [0.15, 0.2) is 0 Å². The van der Waals surface area contributed by atoms with E-state index in [1.807, 2.05) is 44.2 Å². The lowest BCUT2D eigenvalue weighted by molar-refractivity contribution is -0.129. The molecule has 2 atom stereocenters. The highest BCUT2D eigenvalue weighted by Gasteiger charge is 2.32. The summed E-state index contributed by atoms with van der Waals surface area (Å²) < 4.78 is 5.28. The van der Waals surface area contributed by atoms with Crippen molar-refractivity contribution in [2.75, 3.05) is 13.1 Å². The van der Waals surface area contributed by atoms with Crippen LogP contribution in [0.2, 0.25) is 0 Å². The molecule has 0 spiro atoms. The van der Waals surface area contributed by atoms with Crippen molar-refractivity contribution in [2.24, 2.45) is 11.8 Å². The monoisotopic (exact) mass is 261 g/mol. The summed E-state index contributed by atoms with van der Waals surface area (Å²) in [5.41, 5.74) is 0.963. The van der Waals surface area contributed by atoms with Gasteiger partial charge >= 0.3 is 6.09 Å². The number of hydrogen-bond donors (Lipinski definition) is 0. The van der Waals surface area contributed by atoms with E-state index in [1.54, 1.807) is 4.90 Å². The van der Waals surface area contributed by atoms with Gasteiger partial charge in [-0.15, -0.1) is 0 Å². The number of hydrogen-bond acceptors (Lipinski definition) is 3. The van der Waals surface area contributed by atoms with E-state index in [2.05, 4.69) is 0 Å². The van der Waals surface area contributed by atoms with E-state index in [4.69, 9.17) is 4.74 Å². The number of ketones is 1. The van der Waals surface area contributed by atoms with E-state index in [-0.39, 0.29) is 30.3 Å². The maximum Gasteiger partial charge on any atom is 0.410 e. The van der Waals surface area contributed by atoms with Crippen LogP contribution in [0.5, 0.6) is 0 Å². The molecule has 1 amide bonds. The molecule has 0 aliphatic carbocycles. The Morgan fingerprint density at radius 1 is 1.21 bits per heavy atom. The third-order valence-electron chi connectivity index (χ3n) is 3.42. The first-order valence-electron chi connectivity index (χ1n) is 6.57. The van der Waals surface area contributed by atoms with Gasteiger partial charge in [-0.25, -0.2) is 4.79 Å². The second-order valence-electron chi connectivity index (χ2n) is 5.15. The van der Waals surface area contributed by atoms with E-state index < -0.39 is 0 Å². The number of carbonyl (C=O) groups is 2. The Hall–Kier alpha value is -1.84. The highest BCUT2D eigenvalue weighted by molar-refractivity contribution is 5.85. The van der Waals surface area contributed by atoms with E-state index in [9.17, 15) is 9.59 Å². The van der Waals surface area contributed by atoms with E-state index in [1.165, 1.54) is 0 Å². The minimum atomic E-state index is -0.338. The van der Waals surface area contributed by atoms with Crippen LogP contribution in [0.4, 0.5) is 4.79 Å².